The third kappa shape index (κ3) is 3.83. The lowest BCUT2D eigenvalue weighted by Gasteiger charge is -2.26. The Labute approximate surface area is 132 Å². The largest absolute Gasteiger partial charge is 0.355 e. The number of rotatable bonds is 3. The van der Waals surface area contributed by atoms with Crippen molar-refractivity contribution in [2.75, 3.05) is 13.1 Å². The van der Waals surface area contributed by atoms with Gasteiger partial charge < -0.3 is 5.32 Å². The first-order chi connectivity index (χ1) is 10.7. The second-order valence-corrected chi connectivity index (χ2v) is 6.66. The molecule has 1 aromatic heterocycles. The number of aromatic nitrogens is 2. The maximum Gasteiger partial charge on any atom is 0.221 e. The number of hydrogen-bond acceptors (Lipinski definition) is 4. The normalized spacial score (nSPS) is 24.8. The standard InChI is InChI=1S/C17H26N4O/c1-13-9-18-16(22)7-8-21(13)12-14-10-19-17(20-11-14)15-5-3-2-4-6-15/h10-11,13,15H,2-9,12H2,1H3,(H,18,22)/t13-/m0/s1. The van der Waals surface area contributed by atoms with Gasteiger partial charge >= 0.3 is 0 Å². The summed E-state index contributed by atoms with van der Waals surface area (Å²) in [5, 5.41) is 2.95. The van der Waals surface area contributed by atoms with Crippen LogP contribution < -0.4 is 5.32 Å². The fraction of sp³-hybridized carbons (Fsp3) is 0.706. The molecule has 0 aromatic carbocycles. The van der Waals surface area contributed by atoms with Crippen molar-refractivity contribution in [1.29, 1.82) is 0 Å². The Balaban J connectivity index is 1.61. The van der Waals surface area contributed by atoms with Gasteiger partial charge in [-0.25, -0.2) is 9.97 Å². The summed E-state index contributed by atoms with van der Waals surface area (Å²) in [5.41, 5.74) is 1.14. The van der Waals surface area contributed by atoms with Crippen molar-refractivity contribution < 1.29 is 4.79 Å². The van der Waals surface area contributed by atoms with Crippen molar-refractivity contribution in [3.63, 3.8) is 0 Å². The minimum absolute atomic E-state index is 0.151. The molecular formula is C17H26N4O. The molecule has 1 N–H and O–H groups in total. The van der Waals surface area contributed by atoms with E-state index in [9.17, 15) is 4.79 Å². The molecule has 1 aromatic rings. The van der Waals surface area contributed by atoms with E-state index in [-0.39, 0.29) is 5.91 Å². The van der Waals surface area contributed by atoms with E-state index in [2.05, 4.69) is 27.1 Å². The molecule has 5 heteroatoms. The Morgan fingerprint density at radius 1 is 1.23 bits per heavy atom. The molecule has 1 saturated heterocycles. The van der Waals surface area contributed by atoms with E-state index < -0.39 is 0 Å². The van der Waals surface area contributed by atoms with Crippen LogP contribution in [0.15, 0.2) is 12.4 Å². The van der Waals surface area contributed by atoms with Gasteiger partial charge in [-0.05, 0) is 19.8 Å². The van der Waals surface area contributed by atoms with Gasteiger partial charge in [0.2, 0.25) is 5.91 Å². The molecule has 0 spiro atoms. The molecule has 1 atom stereocenters. The number of nitrogens with zero attached hydrogens (tertiary/aromatic N) is 3. The first-order valence-corrected chi connectivity index (χ1v) is 8.54. The van der Waals surface area contributed by atoms with Crippen LogP contribution in [0.25, 0.3) is 0 Å². The van der Waals surface area contributed by atoms with Crippen LogP contribution >= 0.6 is 0 Å². The zero-order valence-corrected chi connectivity index (χ0v) is 13.4. The molecule has 2 fully saturated rings. The molecule has 2 aliphatic rings. The van der Waals surface area contributed by atoms with Crippen molar-refractivity contribution in [3.8, 4) is 0 Å². The molecule has 3 rings (SSSR count). The molecule has 2 heterocycles. The number of hydrogen-bond donors (Lipinski definition) is 1. The highest BCUT2D eigenvalue weighted by Crippen LogP contribution is 2.30. The van der Waals surface area contributed by atoms with Crippen LogP contribution in [0.2, 0.25) is 0 Å². The van der Waals surface area contributed by atoms with Crippen LogP contribution in [-0.2, 0) is 11.3 Å². The summed E-state index contributed by atoms with van der Waals surface area (Å²) in [7, 11) is 0. The predicted molar refractivity (Wildman–Crippen MR) is 85.4 cm³/mol. The summed E-state index contributed by atoms with van der Waals surface area (Å²) in [6.45, 7) is 4.50. The maximum atomic E-state index is 11.5. The zero-order valence-electron chi connectivity index (χ0n) is 13.4. The molecule has 0 bridgehead atoms. The van der Waals surface area contributed by atoms with Crippen molar-refractivity contribution in [1.82, 2.24) is 20.2 Å². The summed E-state index contributed by atoms with van der Waals surface area (Å²) < 4.78 is 0. The SMILES string of the molecule is C[C@H]1CNC(=O)CCN1Cc1cnc(C2CCCCC2)nc1. The Morgan fingerprint density at radius 3 is 2.68 bits per heavy atom. The molecule has 22 heavy (non-hydrogen) atoms. The van der Waals surface area contributed by atoms with Gasteiger partial charge in [0.15, 0.2) is 0 Å². The number of nitrogens with one attached hydrogen (secondary N) is 1. The summed E-state index contributed by atoms with van der Waals surface area (Å²) in [4.78, 5) is 23.0. The van der Waals surface area contributed by atoms with Crippen LogP contribution in [0.1, 0.15) is 62.8 Å². The Hall–Kier alpha value is -1.49. The minimum atomic E-state index is 0.151. The second kappa shape index (κ2) is 7.18. The van der Waals surface area contributed by atoms with Crippen LogP contribution in [0.4, 0.5) is 0 Å². The van der Waals surface area contributed by atoms with Crippen LogP contribution in [0.3, 0.4) is 0 Å². The van der Waals surface area contributed by atoms with Gasteiger partial charge in [-0.15, -0.1) is 0 Å². The maximum absolute atomic E-state index is 11.5. The quantitative estimate of drug-likeness (QED) is 0.930. The zero-order chi connectivity index (χ0) is 15.4. The first-order valence-electron chi connectivity index (χ1n) is 8.54. The van der Waals surface area contributed by atoms with E-state index >= 15 is 0 Å². The van der Waals surface area contributed by atoms with Crippen molar-refractivity contribution in [2.24, 2.45) is 0 Å². The lowest BCUT2D eigenvalue weighted by molar-refractivity contribution is -0.120. The minimum Gasteiger partial charge on any atom is -0.355 e. The van der Waals surface area contributed by atoms with Gasteiger partial charge in [-0.1, -0.05) is 19.3 Å². The smallest absolute Gasteiger partial charge is 0.221 e. The van der Waals surface area contributed by atoms with Gasteiger partial charge in [0.05, 0.1) is 0 Å². The van der Waals surface area contributed by atoms with E-state index in [1.165, 1.54) is 32.1 Å². The fourth-order valence-electron chi connectivity index (χ4n) is 3.43. The molecule has 1 aliphatic heterocycles. The lowest BCUT2D eigenvalue weighted by Crippen LogP contribution is -2.37. The van der Waals surface area contributed by atoms with E-state index in [0.29, 0.717) is 18.4 Å². The highest BCUT2D eigenvalue weighted by Gasteiger charge is 2.21. The van der Waals surface area contributed by atoms with Crippen LogP contribution in [0, 0.1) is 0 Å². The average Bonchev–Trinajstić information content (AvgIpc) is 2.72. The Bertz CT molecular complexity index is 496. The molecule has 1 aliphatic carbocycles. The second-order valence-electron chi connectivity index (χ2n) is 6.66. The van der Waals surface area contributed by atoms with Crippen molar-refractivity contribution in [2.45, 2.75) is 64.0 Å². The molecule has 120 valence electrons. The van der Waals surface area contributed by atoms with E-state index in [4.69, 9.17) is 0 Å². The molecular weight excluding hydrogens is 276 g/mol. The van der Waals surface area contributed by atoms with E-state index in [1.807, 2.05) is 12.4 Å². The van der Waals surface area contributed by atoms with Gasteiger partial charge in [0.25, 0.3) is 0 Å². The topological polar surface area (TPSA) is 58.1 Å². The van der Waals surface area contributed by atoms with Gasteiger partial charge in [0, 0.05) is 56.0 Å². The third-order valence-electron chi connectivity index (χ3n) is 4.93. The number of carbonyl (C=O) groups excluding carboxylic acids is 1. The van der Waals surface area contributed by atoms with E-state index in [0.717, 1.165) is 31.0 Å². The molecule has 0 radical (unpaired) electrons. The fourth-order valence-corrected chi connectivity index (χ4v) is 3.43. The highest BCUT2D eigenvalue weighted by atomic mass is 16.1. The van der Waals surface area contributed by atoms with Crippen LogP contribution in [-0.4, -0.2) is 39.9 Å². The Morgan fingerprint density at radius 2 is 1.95 bits per heavy atom. The summed E-state index contributed by atoms with van der Waals surface area (Å²) in [5.74, 6) is 1.73. The van der Waals surface area contributed by atoms with Crippen molar-refractivity contribution in [3.05, 3.63) is 23.8 Å². The molecule has 0 unspecified atom stereocenters. The van der Waals surface area contributed by atoms with Crippen molar-refractivity contribution >= 4 is 5.91 Å². The molecule has 1 saturated carbocycles. The summed E-state index contributed by atoms with van der Waals surface area (Å²) in [6, 6.07) is 0.351. The van der Waals surface area contributed by atoms with Crippen LogP contribution in [0.5, 0.6) is 0 Å². The van der Waals surface area contributed by atoms with Gasteiger partial charge in [-0.2, -0.15) is 0 Å². The Kier molecular flexibility index (Phi) is 5.03. The average molecular weight is 302 g/mol. The lowest BCUT2D eigenvalue weighted by atomic mass is 9.89. The van der Waals surface area contributed by atoms with E-state index in [1.54, 1.807) is 0 Å². The molecule has 1 amide bonds. The summed E-state index contributed by atoms with van der Waals surface area (Å²) in [6.07, 6.45) is 11.0. The summed E-state index contributed by atoms with van der Waals surface area (Å²) >= 11 is 0. The number of carbonyl (C=O) groups is 1. The van der Waals surface area contributed by atoms with Gasteiger partial charge in [-0.3, -0.25) is 9.69 Å². The highest BCUT2D eigenvalue weighted by molar-refractivity contribution is 5.76. The molecule has 5 nitrogen and oxygen atoms in total. The third-order valence-corrected chi connectivity index (χ3v) is 4.93. The van der Waals surface area contributed by atoms with Gasteiger partial charge in [0.1, 0.15) is 5.82 Å². The number of amides is 1. The monoisotopic (exact) mass is 302 g/mol. The predicted octanol–water partition coefficient (Wildman–Crippen LogP) is 2.23. The first kappa shape index (κ1) is 15.4.